The average molecular weight is 477 g/mol. The van der Waals surface area contributed by atoms with E-state index in [2.05, 4.69) is 141 Å². The summed E-state index contributed by atoms with van der Waals surface area (Å²) in [6, 6.07) is 12.5. The summed E-state index contributed by atoms with van der Waals surface area (Å²) in [6.07, 6.45) is 1.10. The van der Waals surface area contributed by atoms with E-state index >= 15 is 0 Å². The molecular weight excluding hydrogens is 420 g/mol. The fourth-order valence-corrected chi connectivity index (χ4v) is 5.57. The zero-order valence-corrected chi connectivity index (χ0v) is 26.2. The third-order valence-electron chi connectivity index (χ3n) is 7.40. The number of hydrogen-bond acceptors (Lipinski definition) is 0. The Morgan fingerprint density at radius 1 is 0.457 bits per heavy atom. The Kier molecular flexibility index (Phi) is 7.96. The Labute approximate surface area is 219 Å². The van der Waals surface area contributed by atoms with Crippen molar-refractivity contribution in [2.75, 3.05) is 0 Å². The SMILES string of the molecule is CCC(c1ccc(C(C)(C)C)c(C(C)(C)C)c1)c1cc(C(C)(C)C)c(C(C)(C)C)c(C(C)(C)C)c1. The number of hydrogen-bond donors (Lipinski definition) is 0. The van der Waals surface area contributed by atoms with E-state index in [9.17, 15) is 0 Å². The maximum absolute atomic E-state index is 2.55. The van der Waals surface area contributed by atoms with Crippen LogP contribution < -0.4 is 0 Å². The summed E-state index contributed by atoms with van der Waals surface area (Å²) in [6.45, 7) is 37.9. The molecule has 0 bridgehead atoms. The van der Waals surface area contributed by atoms with Crippen LogP contribution in [0.25, 0.3) is 0 Å². The maximum Gasteiger partial charge on any atom is 0.00870 e. The molecule has 35 heavy (non-hydrogen) atoms. The van der Waals surface area contributed by atoms with Gasteiger partial charge in [-0.3, -0.25) is 0 Å². The van der Waals surface area contributed by atoms with Gasteiger partial charge in [-0.25, -0.2) is 0 Å². The topological polar surface area (TPSA) is 0 Å². The van der Waals surface area contributed by atoms with Crippen molar-refractivity contribution < 1.29 is 0 Å². The van der Waals surface area contributed by atoms with Crippen molar-refractivity contribution in [3.63, 3.8) is 0 Å². The molecule has 2 aromatic rings. The van der Waals surface area contributed by atoms with Crippen molar-refractivity contribution in [2.24, 2.45) is 0 Å². The van der Waals surface area contributed by atoms with Crippen molar-refractivity contribution in [1.29, 1.82) is 0 Å². The fraction of sp³-hybridized carbons (Fsp3) is 0.657. The molecule has 0 fully saturated rings. The van der Waals surface area contributed by atoms with Crippen molar-refractivity contribution in [1.82, 2.24) is 0 Å². The van der Waals surface area contributed by atoms with Crippen LogP contribution in [0, 0.1) is 0 Å². The minimum atomic E-state index is 0.0869. The molecule has 1 atom stereocenters. The van der Waals surface area contributed by atoms with E-state index in [1.807, 2.05) is 0 Å². The van der Waals surface area contributed by atoms with Gasteiger partial charge in [0, 0.05) is 5.92 Å². The number of rotatable bonds is 3. The molecule has 0 aromatic heterocycles. The van der Waals surface area contributed by atoms with Gasteiger partial charge in [0.1, 0.15) is 0 Å². The molecule has 0 spiro atoms. The molecule has 0 aliphatic heterocycles. The van der Waals surface area contributed by atoms with Crippen LogP contribution in [0.2, 0.25) is 0 Å². The molecule has 196 valence electrons. The lowest BCUT2D eigenvalue weighted by molar-refractivity contribution is 0.495. The van der Waals surface area contributed by atoms with Gasteiger partial charge in [0.05, 0.1) is 0 Å². The van der Waals surface area contributed by atoms with E-state index in [1.165, 1.54) is 38.9 Å². The summed E-state index contributed by atoms with van der Waals surface area (Å²) < 4.78 is 0. The lowest BCUT2D eigenvalue weighted by Crippen LogP contribution is -2.29. The van der Waals surface area contributed by atoms with Crippen molar-refractivity contribution in [3.05, 3.63) is 69.3 Å². The molecule has 0 heterocycles. The summed E-state index contributed by atoms with van der Waals surface area (Å²) in [7, 11) is 0. The summed E-state index contributed by atoms with van der Waals surface area (Å²) in [4.78, 5) is 0. The van der Waals surface area contributed by atoms with Crippen molar-refractivity contribution >= 4 is 0 Å². The van der Waals surface area contributed by atoms with Crippen LogP contribution in [0.3, 0.4) is 0 Å². The lowest BCUT2D eigenvalue weighted by atomic mass is 9.67. The van der Waals surface area contributed by atoms with Gasteiger partial charge in [0.2, 0.25) is 0 Å². The molecule has 2 rings (SSSR count). The monoisotopic (exact) mass is 476 g/mol. The largest absolute Gasteiger partial charge is 0.0645 e. The first-order chi connectivity index (χ1) is 15.5. The summed E-state index contributed by atoms with van der Waals surface area (Å²) >= 11 is 0. The van der Waals surface area contributed by atoms with Crippen LogP contribution in [0.15, 0.2) is 30.3 Å². The second-order valence-corrected chi connectivity index (χ2v) is 16.0. The van der Waals surface area contributed by atoms with E-state index < -0.39 is 0 Å². The molecule has 0 saturated heterocycles. The Bertz CT molecular complexity index is 993. The Morgan fingerprint density at radius 2 is 0.829 bits per heavy atom. The van der Waals surface area contributed by atoms with E-state index in [4.69, 9.17) is 0 Å². The van der Waals surface area contributed by atoms with E-state index in [1.54, 1.807) is 0 Å². The molecule has 2 aromatic carbocycles. The van der Waals surface area contributed by atoms with E-state index in [0.717, 1.165) is 6.42 Å². The smallest absolute Gasteiger partial charge is 0.00870 e. The van der Waals surface area contributed by atoms with E-state index in [-0.39, 0.29) is 27.1 Å². The Balaban J connectivity index is 2.91. The molecule has 0 aliphatic rings. The first kappa shape index (κ1) is 29.7. The van der Waals surface area contributed by atoms with Gasteiger partial charge in [0.15, 0.2) is 0 Å². The van der Waals surface area contributed by atoms with Crippen LogP contribution >= 0.6 is 0 Å². The molecule has 0 heteroatoms. The van der Waals surface area contributed by atoms with Crippen LogP contribution in [0.1, 0.15) is 162 Å². The van der Waals surface area contributed by atoms with Crippen LogP contribution in [-0.2, 0) is 27.1 Å². The Morgan fingerprint density at radius 3 is 1.14 bits per heavy atom. The van der Waals surface area contributed by atoms with Gasteiger partial charge in [0.25, 0.3) is 0 Å². The quantitative estimate of drug-likeness (QED) is 0.413. The lowest BCUT2D eigenvalue weighted by Gasteiger charge is -2.38. The summed E-state index contributed by atoms with van der Waals surface area (Å²) in [5.74, 6) is 0.390. The van der Waals surface area contributed by atoms with Gasteiger partial charge in [-0.05, 0) is 72.4 Å². The summed E-state index contributed by atoms with van der Waals surface area (Å²) in [5, 5.41) is 0. The molecular formula is C35H56. The molecule has 0 saturated carbocycles. The van der Waals surface area contributed by atoms with Crippen LogP contribution in [-0.4, -0.2) is 0 Å². The maximum atomic E-state index is 2.55. The highest BCUT2D eigenvalue weighted by atomic mass is 14.4. The third-order valence-corrected chi connectivity index (χ3v) is 7.40. The van der Waals surface area contributed by atoms with Gasteiger partial charge in [-0.2, -0.15) is 0 Å². The minimum Gasteiger partial charge on any atom is -0.0645 e. The predicted octanol–water partition coefficient (Wildman–Crippen LogP) is 10.7. The number of benzene rings is 2. The molecule has 0 nitrogen and oxygen atoms in total. The third kappa shape index (κ3) is 6.61. The summed E-state index contributed by atoms with van der Waals surface area (Å²) in [5.41, 5.74) is 10.9. The molecule has 0 N–H and O–H groups in total. The van der Waals surface area contributed by atoms with Crippen LogP contribution in [0.4, 0.5) is 0 Å². The zero-order chi connectivity index (χ0) is 27.4. The van der Waals surface area contributed by atoms with Crippen molar-refractivity contribution in [2.45, 2.75) is 150 Å². The second kappa shape index (κ2) is 9.39. The minimum absolute atomic E-state index is 0.0869. The normalized spacial score (nSPS) is 14.9. The fourth-order valence-electron chi connectivity index (χ4n) is 5.57. The predicted molar refractivity (Wildman–Crippen MR) is 159 cm³/mol. The molecule has 0 radical (unpaired) electrons. The van der Waals surface area contributed by atoms with Gasteiger partial charge < -0.3 is 0 Å². The van der Waals surface area contributed by atoms with Gasteiger partial charge >= 0.3 is 0 Å². The molecule has 0 amide bonds. The van der Waals surface area contributed by atoms with E-state index in [0.29, 0.717) is 5.92 Å². The average Bonchev–Trinajstić information content (AvgIpc) is 2.64. The van der Waals surface area contributed by atoms with Gasteiger partial charge in [-0.15, -0.1) is 0 Å². The van der Waals surface area contributed by atoms with Crippen molar-refractivity contribution in [3.8, 4) is 0 Å². The second-order valence-electron chi connectivity index (χ2n) is 16.0. The standard InChI is InChI=1S/C35H56/c1-17-25(23-18-19-26(31(2,3)4)27(20-23)32(5,6)7)24-21-28(33(8,9)10)30(35(14,15)16)29(22-24)34(11,12)13/h18-22,25H,17H2,1-16H3. The highest BCUT2D eigenvalue weighted by molar-refractivity contribution is 5.52. The zero-order valence-electron chi connectivity index (χ0n) is 26.2. The highest BCUT2D eigenvalue weighted by Crippen LogP contribution is 2.44. The van der Waals surface area contributed by atoms with Crippen LogP contribution in [0.5, 0.6) is 0 Å². The molecule has 0 aliphatic carbocycles. The Hall–Kier alpha value is -1.56. The first-order valence-corrected chi connectivity index (χ1v) is 13.8. The van der Waals surface area contributed by atoms with Gasteiger partial charge in [-0.1, -0.05) is 141 Å². The highest BCUT2D eigenvalue weighted by Gasteiger charge is 2.33. The first-order valence-electron chi connectivity index (χ1n) is 13.8. The molecule has 1 unspecified atom stereocenters.